The highest BCUT2D eigenvalue weighted by atomic mass is 16.7. The minimum atomic E-state index is -0.395. The third kappa shape index (κ3) is 4.20. The average Bonchev–Trinajstić information content (AvgIpc) is 2.45. The van der Waals surface area contributed by atoms with Crippen molar-refractivity contribution in [2.24, 2.45) is 0 Å². The summed E-state index contributed by atoms with van der Waals surface area (Å²) in [6.45, 7) is 4.60. The predicted octanol–water partition coefficient (Wildman–Crippen LogP) is 2.29. The number of hydrogen-bond acceptors (Lipinski definition) is 3. The lowest BCUT2D eigenvalue weighted by atomic mass is 10.1. The molecule has 1 aliphatic rings. The summed E-state index contributed by atoms with van der Waals surface area (Å²) >= 11 is 0. The number of hydrogen-bond donors (Lipinski definition) is 0. The van der Waals surface area contributed by atoms with Crippen molar-refractivity contribution < 1.29 is 14.3 Å². The standard InChI is InChI=1S/C11H20O3/c1-11(2)13-9-10(14-11)7-5-3-4-6-8-12/h8,10H,3-7,9H2,1-2H3/t10-/m0/s1. The fraction of sp³-hybridized carbons (Fsp3) is 0.909. The third-order valence-electron chi connectivity index (χ3n) is 2.42. The number of carbonyl (C=O) groups excluding carboxylic acids is 1. The number of carbonyl (C=O) groups is 1. The van der Waals surface area contributed by atoms with Crippen molar-refractivity contribution in [1.82, 2.24) is 0 Å². The molecule has 3 nitrogen and oxygen atoms in total. The van der Waals surface area contributed by atoms with Crippen molar-refractivity contribution in [3.8, 4) is 0 Å². The minimum absolute atomic E-state index is 0.251. The number of rotatable bonds is 6. The summed E-state index contributed by atoms with van der Waals surface area (Å²) in [4.78, 5) is 10.1. The van der Waals surface area contributed by atoms with Crippen molar-refractivity contribution in [3.63, 3.8) is 0 Å². The fourth-order valence-corrected chi connectivity index (χ4v) is 1.68. The van der Waals surface area contributed by atoms with Crippen LogP contribution in [0.5, 0.6) is 0 Å². The highest BCUT2D eigenvalue weighted by molar-refractivity contribution is 5.48. The molecule has 0 aromatic rings. The molecule has 3 heteroatoms. The summed E-state index contributed by atoms with van der Waals surface area (Å²) in [6, 6.07) is 0. The van der Waals surface area contributed by atoms with Gasteiger partial charge in [-0.1, -0.05) is 12.8 Å². The Balaban J connectivity index is 2.00. The Hall–Kier alpha value is -0.410. The molecule has 0 spiro atoms. The van der Waals surface area contributed by atoms with Gasteiger partial charge in [0.25, 0.3) is 0 Å². The SMILES string of the molecule is CC1(C)OC[C@H](CCCCCC=O)O1. The first-order valence-corrected chi connectivity index (χ1v) is 5.39. The van der Waals surface area contributed by atoms with E-state index in [0.29, 0.717) is 13.0 Å². The van der Waals surface area contributed by atoms with Crippen LogP contribution in [0.4, 0.5) is 0 Å². The Kier molecular flexibility index (Phi) is 4.55. The lowest BCUT2D eigenvalue weighted by molar-refractivity contribution is -0.139. The van der Waals surface area contributed by atoms with Crippen molar-refractivity contribution >= 4 is 6.29 Å². The van der Waals surface area contributed by atoms with E-state index < -0.39 is 5.79 Å². The molecule has 0 bridgehead atoms. The maximum absolute atomic E-state index is 10.1. The Morgan fingerprint density at radius 3 is 2.71 bits per heavy atom. The van der Waals surface area contributed by atoms with Crippen LogP contribution in [0.2, 0.25) is 0 Å². The molecule has 0 amide bonds. The first-order valence-electron chi connectivity index (χ1n) is 5.39. The smallest absolute Gasteiger partial charge is 0.163 e. The quantitative estimate of drug-likeness (QED) is 0.487. The van der Waals surface area contributed by atoms with E-state index in [1.54, 1.807) is 0 Å². The summed E-state index contributed by atoms with van der Waals surface area (Å²) in [5, 5.41) is 0. The van der Waals surface area contributed by atoms with E-state index in [-0.39, 0.29) is 6.10 Å². The molecule has 1 rings (SSSR count). The van der Waals surface area contributed by atoms with Gasteiger partial charge in [0, 0.05) is 6.42 Å². The van der Waals surface area contributed by atoms with E-state index in [4.69, 9.17) is 9.47 Å². The first kappa shape index (κ1) is 11.7. The normalized spacial score (nSPS) is 25.1. The molecule has 1 heterocycles. The van der Waals surface area contributed by atoms with E-state index in [1.807, 2.05) is 13.8 Å². The average molecular weight is 200 g/mol. The van der Waals surface area contributed by atoms with Gasteiger partial charge in [-0.25, -0.2) is 0 Å². The molecule has 0 aromatic carbocycles. The lowest BCUT2D eigenvalue weighted by Crippen LogP contribution is -2.21. The van der Waals surface area contributed by atoms with Crippen LogP contribution in [-0.2, 0) is 14.3 Å². The first-order chi connectivity index (χ1) is 6.64. The van der Waals surface area contributed by atoms with Gasteiger partial charge in [-0.3, -0.25) is 0 Å². The molecular weight excluding hydrogens is 180 g/mol. The molecule has 1 fully saturated rings. The van der Waals surface area contributed by atoms with Gasteiger partial charge in [-0.2, -0.15) is 0 Å². The predicted molar refractivity (Wildman–Crippen MR) is 54.1 cm³/mol. The molecule has 0 unspecified atom stereocenters. The van der Waals surface area contributed by atoms with E-state index in [0.717, 1.165) is 32.0 Å². The maximum Gasteiger partial charge on any atom is 0.163 e. The third-order valence-corrected chi connectivity index (χ3v) is 2.42. The number of unbranched alkanes of at least 4 members (excludes halogenated alkanes) is 3. The molecule has 0 aliphatic carbocycles. The number of ether oxygens (including phenoxy) is 2. The number of aldehydes is 1. The molecule has 82 valence electrons. The van der Waals surface area contributed by atoms with Gasteiger partial charge < -0.3 is 14.3 Å². The zero-order valence-corrected chi connectivity index (χ0v) is 9.12. The van der Waals surface area contributed by atoms with Gasteiger partial charge in [-0.05, 0) is 26.7 Å². The summed E-state index contributed by atoms with van der Waals surface area (Å²) in [5.41, 5.74) is 0. The highest BCUT2D eigenvalue weighted by Crippen LogP contribution is 2.25. The van der Waals surface area contributed by atoms with Crippen LogP contribution in [0.3, 0.4) is 0 Å². The molecule has 1 aliphatic heterocycles. The summed E-state index contributed by atoms with van der Waals surface area (Å²) in [7, 11) is 0. The molecule has 14 heavy (non-hydrogen) atoms. The summed E-state index contributed by atoms with van der Waals surface area (Å²) < 4.78 is 11.1. The second-order valence-electron chi connectivity index (χ2n) is 4.26. The Morgan fingerprint density at radius 1 is 1.36 bits per heavy atom. The Morgan fingerprint density at radius 2 is 2.14 bits per heavy atom. The van der Waals surface area contributed by atoms with Gasteiger partial charge in [0.2, 0.25) is 0 Å². The van der Waals surface area contributed by atoms with Gasteiger partial charge in [0.15, 0.2) is 5.79 Å². The molecule has 0 aromatic heterocycles. The van der Waals surface area contributed by atoms with Gasteiger partial charge >= 0.3 is 0 Å². The monoisotopic (exact) mass is 200 g/mol. The molecule has 1 saturated heterocycles. The van der Waals surface area contributed by atoms with Crippen LogP contribution in [0, 0.1) is 0 Å². The summed E-state index contributed by atoms with van der Waals surface area (Å²) in [6.07, 6.45) is 6.20. The van der Waals surface area contributed by atoms with Crippen LogP contribution in [0.15, 0.2) is 0 Å². The summed E-state index contributed by atoms with van der Waals surface area (Å²) in [5.74, 6) is -0.395. The van der Waals surface area contributed by atoms with E-state index in [9.17, 15) is 4.79 Å². The van der Waals surface area contributed by atoms with Gasteiger partial charge in [0.05, 0.1) is 12.7 Å². The highest BCUT2D eigenvalue weighted by Gasteiger charge is 2.31. The van der Waals surface area contributed by atoms with E-state index >= 15 is 0 Å². The Bertz CT molecular complexity index is 177. The molecular formula is C11H20O3. The molecule has 0 N–H and O–H groups in total. The zero-order valence-electron chi connectivity index (χ0n) is 9.12. The molecule has 1 atom stereocenters. The van der Waals surface area contributed by atoms with Gasteiger partial charge in [-0.15, -0.1) is 0 Å². The van der Waals surface area contributed by atoms with Crippen LogP contribution in [0.1, 0.15) is 46.0 Å². The van der Waals surface area contributed by atoms with Crippen molar-refractivity contribution in [2.75, 3.05) is 6.61 Å². The van der Waals surface area contributed by atoms with Crippen molar-refractivity contribution in [2.45, 2.75) is 57.8 Å². The zero-order chi connectivity index (χ0) is 10.4. The van der Waals surface area contributed by atoms with Crippen LogP contribution in [-0.4, -0.2) is 24.8 Å². The molecule has 0 saturated carbocycles. The van der Waals surface area contributed by atoms with Crippen molar-refractivity contribution in [3.05, 3.63) is 0 Å². The van der Waals surface area contributed by atoms with Gasteiger partial charge in [0.1, 0.15) is 6.29 Å². The van der Waals surface area contributed by atoms with Crippen LogP contribution < -0.4 is 0 Å². The second kappa shape index (κ2) is 5.47. The van der Waals surface area contributed by atoms with Crippen LogP contribution >= 0.6 is 0 Å². The fourth-order valence-electron chi connectivity index (χ4n) is 1.68. The van der Waals surface area contributed by atoms with Crippen LogP contribution in [0.25, 0.3) is 0 Å². The lowest BCUT2D eigenvalue weighted by Gasteiger charge is -2.16. The molecule has 0 radical (unpaired) electrons. The van der Waals surface area contributed by atoms with Crippen molar-refractivity contribution in [1.29, 1.82) is 0 Å². The largest absolute Gasteiger partial charge is 0.348 e. The minimum Gasteiger partial charge on any atom is -0.348 e. The van der Waals surface area contributed by atoms with E-state index in [2.05, 4.69) is 0 Å². The second-order valence-corrected chi connectivity index (χ2v) is 4.26. The Labute approximate surface area is 85.8 Å². The maximum atomic E-state index is 10.1. The topological polar surface area (TPSA) is 35.5 Å². The van der Waals surface area contributed by atoms with E-state index in [1.165, 1.54) is 0 Å².